The van der Waals surface area contributed by atoms with Gasteiger partial charge in [-0.15, -0.1) is 0 Å². The van der Waals surface area contributed by atoms with Crippen molar-refractivity contribution in [3.05, 3.63) is 58.5 Å². The molecule has 1 saturated heterocycles. The molecule has 2 aromatic heterocycles. The van der Waals surface area contributed by atoms with Crippen molar-refractivity contribution in [1.29, 1.82) is 0 Å². The van der Waals surface area contributed by atoms with Crippen molar-refractivity contribution in [2.45, 2.75) is 13.8 Å². The van der Waals surface area contributed by atoms with E-state index < -0.39 is 0 Å². The van der Waals surface area contributed by atoms with Gasteiger partial charge in [0.05, 0.1) is 23.5 Å². The summed E-state index contributed by atoms with van der Waals surface area (Å²) in [6, 6.07) is 9.07. The summed E-state index contributed by atoms with van der Waals surface area (Å²) in [5, 5.41) is 7.65. The van der Waals surface area contributed by atoms with E-state index in [0.29, 0.717) is 48.1 Å². The van der Waals surface area contributed by atoms with Gasteiger partial charge in [0.25, 0.3) is 5.91 Å². The molecule has 0 bridgehead atoms. The first-order chi connectivity index (χ1) is 14.4. The molecule has 156 valence electrons. The normalized spacial score (nSPS) is 14.8. The summed E-state index contributed by atoms with van der Waals surface area (Å²) >= 11 is 6.09. The number of rotatable bonds is 4. The molecule has 0 spiro atoms. The maximum Gasteiger partial charge on any atom is 0.259 e. The lowest BCUT2D eigenvalue weighted by Gasteiger charge is -2.34. The van der Waals surface area contributed by atoms with Gasteiger partial charge in [-0.2, -0.15) is 5.10 Å². The van der Waals surface area contributed by atoms with Crippen LogP contribution in [0.1, 0.15) is 21.7 Å². The Labute approximate surface area is 179 Å². The lowest BCUT2D eigenvalue weighted by molar-refractivity contribution is -0.117. The zero-order valence-corrected chi connectivity index (χ0v) is 17.7. The van der Waals surface area contributed by atoms with E-state index in [1.54, 1.807) is 27.7 Å². The number of piperazine rings is 1. The van der Waals surface area contributed by atoms with Crippen molar-refractivity contribution in [3.8, 4) is 0 Å². The molecule has 4 rings (SSSR count). The molecule has 0 atom stereocenters. The van der Waals surface area contributed by atoms with Crippen LogP contribution in [-0.2, 0) is 4.79 Å². The van der Waals surface area contributed by atoms with E-state index in [2.05, 4.69) is 15.4 Å². The summed E-state index contributed by atoms with van der Waals surface area (Å²) in [5.74, 6) is -0.205. The van der Waals surface area contributed by atoms with E-state index >= 15 is 0 Å². The third-order valence-electron chi connectivity index (χ3n) is 5.18. The van der Waals surface area contributed by atoms with Gasteiger partial charge in [-0.3, -0.25) is 14.5 Å². The van der Waals surface area contributed by atoms with Crippen LogP contribution in [-0.4, -0.2) is 68.9 Å². The number of amides is 2. The Bertz CT molecular complexity index is 1100. The first-order valence-electron chi connectivity index (χ1n) is 9.80. The third kappa shape index (κ3) is 4.15. The van der Waals surface area contributed by atoms with E-state index in [0.717, 1.165) is 11.4 Å². The first kappa shape index (κ1) is 20.3. The van der Waals surface area contributed by atoms with Crippen LogP contribution in [0.15, 0.2) is 36.5 Å². The fourth-order valence-electron chi connectivity index (χ4n) is 3.66. The van der Waals surface area contributed by atoms with Crippen LogP contribution in [0.5, 0.6) is 0 Å². The Morgan fingerprint density at radius 1 is 1.13 bits per heavy atom. The number of halogens is 1. The predicted octanol–water partition coefficient (Wildman–Crippen LogP) is 2.40. The lowest BCUT2D eigenvalue weighted by Crippen LogP contribution is -2.50. The van der Waals surface area contributed by atoms with Crippen molar-refractivity contribution in [2.24, 2.45) is 0 Å². The van der Waals surface area contributed by atoms with Gasteiger partial charge < -0.3 is 10.2 Å². The SMILES string of the molecule is Cc1cc(C)n2ncc(C(=O)N3CCN(CC(=O)Nc4ccccc4Cl)CC3)c2n1. The molecule has 1 aliphatic rings. The van der Waals surface area contributed by atoms with E-state index in [1.807, 2.05) is 36.9 Å². The second-order valence-corrected chi connectivity index (χ2v) is 7.84. The molecule has 1 N–H and O–H groups in total. The molecule has 8 nitrogen and oxygen atoms in total. The third-order valence-corrected chi connectivity index (χ3v) is 5.51. The molecule has 3 heterocycles. The number of hydrogen-bond donors (Lipinski definition) is 1. The Balaban J connectivity index is 1.36. The van der Waals surface area contributed by atoms with Crippen molar-refractivity contribution >= 4 is 34.7 Å². The van der Waals surface area contributed by atoms with Crippen molar-refractivity contribution in [3.63, 3.8) is 0 Å². The minimum atomic E-state index is -0.124. The molecule has 30 heavy (non-hydrogen) atoms. The molecule has 0 radical (unpaired) electrons. The van der Waals surface area contributed by atoms with E-state index in [-0.39, 0.29) is 18.4 Å². The fraction of sp³-hybridized carbons (Fsp3) is 0.333. The van der Waals surface area contributed by atoms with Crippen molar-refractivity contribution in [2.75, 3.05) is 38.0 Å². The van der Waals surface area contributed by atoms with Gasteiger partial charge in [-0.1, -0.05) is 23.7 Å². The van der Waals surface area contributed by atoms with Gasteiger partial charge in [-0.25, -0.2) is 9.50 Å². The highest BCUT2D eigenvalue weighted by Crippen LogP contribution is 2.20. The van der Waals surface area contributed by atoms with Gasteiger partial charge >= 0.3 is 0 Å². The number of carbonyl (C=O) groups is 2. The Hall–Kier alpha value is -2.97. The smallest absolute Gasteiger partial charge is 0.259 e. The largest absolute Gasteiger partial charge is 0.336 e. The number of aromatic nitrogens is 3. The quantitative estimate of drug-likeness (QED) is 0.692. The Morgan fingerprint density at radius 3 is 2.60 bits per heavy atom. The highest BCUT2D eigenvalue weighted by molar-refractivity contribution is 6.33. The maximum atomic E-state index is 13.0. The highest BCUT2D eigenvalue weighted by Gasteiger charge is 2.26. The number of aryl methyl sites for hydroxylation is 2. The highest BCUT2D eigenvalue weighted by atomic mass is 35.5. The number of para-hydroxylation sites is 1. The first-order valence-corrected chi connectivity index (χ1v) is 10.2. The van der Waals surface area contributed by atoms with E-state index in [1.165, 1.54) is 0 Å². The molecule has 2 amide bonds. The molecule has 0 unspecified atom stereocenters. The van der Waals surface area contributed by atoms with Gasteiger partial charge in [0, 0.05) is 37.6 Å². The molecule has 0 aliphatic carbocycles. The minimum Gasteiger partial charge on any atom is -0.336 e. The number of benzene rings is 1. The summed E-state index contributed by atoms with van der Waals surface area (Å²) in [7, 11) is 0. The number of nitrogens with zero attached hydrogens (tertiary/aromatic N) is 5. The number of nitrogens with one attached hydrogen (secondary N) is 1. The van der Waals surface area contributed by atoms with E-state index in [4.69, 9.17) is 11.6 Å². The lowest BCUT2D eigenvalue weighted by atomic mass is 10.2. The average Bonchev–Trinajstić information content (AvgIpc) is 3.14. The van der Waals surface area contributed by atoms with Gasteiger partial charge in [0.2, 0.25) is 5.91 Å². The van der Waals surface area contributed by atoms with Gasteiger partial charge in [0.1, 0.15) is 5.56 Å². The zero-order chi connectivity index (χ0) is 21.3. The molecule has 3 aromatic rings. The Morgan fingerprint density at radius 2 is 1.87 bits per heavy atom. The van der Waals surface area contributed by atoms with Crippen LogP contribution in [0.4, 0.5) is 5.69 Å². The second kappa shape index (κ2) is 8.41. The minimum absolute atomic E-state index is 0.0809. The number of fused-ring (bicyclic) bond motifs is 1. The summed E-state index contributed by atoms with van der Waals surface area (Å²) in [6.45, 7) is 6.42. The van der Waals surface area contributed by atoms with Crippen LogP contribution in [0.25, 0.3) is 5.65 Å². The molecule has 9 heteroatoms. The van der Waals surface area contributed by atoms with Crippen LogP contribution in [0.3, 0.4) is 0 Å². The van der Waals surface area contributed by atoms with Crippen LogP contribution in [0, 0.1) is 13.8 Å². The maximum absolute atomic E-state index is 13.0. The number of hydrogen-bond acceptors (Lipinski definition) is 5. The predicted molar refractivity (Wildman–Crippen MR) is 115 cm³/mol. The molecular formula is C21H23ClN6O2. The molecule has 1 fully saturated rings. The summed E-state index contributed by atoms with van der Waals surface area (Å²) in [5.41, 5.74) is 3.48. The van der Waals surface area contributed by atoms with Crippen LogP contribution >= 0.6 is 11.6 Å². The summed E-state index contributed by atoms with van der Waals surface area (Å²) in [4.78, 5) is 33.7. The molecule has 1 aromatic carbocycles. The topological polar surface area (TPSA) is 82.8 Å². The van der Waals surface area contributed by atoms with E-state index in [9.17, 15) is 9.59 Å². The second-order valence-electron chi connectivity index (χ2n) is 7.43. The molecule has 0 saturated carbocycles. The monoisotopic (exact) mass is 426 g/mol. The Kier molecular flexibility index (Phi) is 5.69. The van der Waals surface area contributed by atoms with Crippen molar-refractivity contribution < 1.29 is 9.59 Å². The van der Waals surface area contributed by atoms with Crippen LogP contribution in [0.2, 0.25) is 5.02 Å². The average molecular weight is 427 g/mol. The summed E-state index contributed by atoms with van der Waals surface area (Å²) in [6.07, 6.45) is 1.58. The molecular weight excluding hydrogens is 404 g/mol. The number of anilines is 1. The summed E-state index contributed by atoms with van der Waals surface area (Å²) < 4.78 is 1.69. The van der Waals surface area contributed by atoms with Crippen molar-refractivity contribution in [1.82, 2.24) is 24.4 Å². The number of carbonyl (C=O) groups excluding carboxylic acids is 2. The van der Waals surface area contributed by atoms with Gasteiger partial charge in [-0.05, 0) is 32.0 Å². The fourth-order valence-corrected chi connectivity index (χ4v) is 3.84. The standard InChI is InChI=1S/C21H23ClN6O2/c1-14-11-15(2)28-20(24-14)16(12-23-28)21(30)27-9-7-26(8-10-27)13-19(29)25-18-6-4-3-5-17(18)22/h3-6,11-12H,7-10,13H2,1-2H3,(H,25,29). The zero-order valence-electron chi connectivity index (χ0n) is 16.9. The van der Waals surface area contributed by atoms with Crippen LogP contribution < -0.4 is 5.32 Å². The van der Waals surface area contributed by atoms with Gasteiger partial charge in [0.15, 0.2) is 5.65 Å². The molecule has 1 aliphatic heterocycles.